The third kappa shape index (κ3) is 4.44. The van der Waals surface area contributed by atoms with Gasteiger partial charge >= 0.3 is 0 Å². The standard InChI is InChI=1S/C23H25BrN8/c1-31-12-4-5-18(31)14-26-22-29-21-19(24)15-28-32(21)23(30-22)27-13-16-7-9-17(10-8-16)20-6-2-3-11-25-20/h2-3,6-11,15,18H,4-5,12-14H2,1H3,(H2,26,27,29,30)/t18-/m0/s1. The molecule has 32 heavy (non-hydrogen) atoms. The minimum atomic E-state index is 0.511. The minimum absolute atomic E-state index is 0.511. The second kappa shape index (κ2) is 9.22. The van der Waals surface area contributed by atoms with E-state index in [-0.39, 0.29) is 0 Å². The largest absolute Gasteiger partial charge is 0.352 e. The summed E-state index contributed by atoms with van der Waals surface area (Å²) in [5, 5.41) is 11.2. The Bertz CT molecular complexity index is 1190. The first-order valence-corrected chi connectivity index (χ1v) is 11.6. The van der Waals surface area contributed by atoms with Crippen LogP contribution in [0.4, 0.5) is 11.9 Å². The first-order chi connectivity index (χ1) is 15.7. The minimum Gasteiger partial charge on any atom is -0.352 e. The number of likely N-dealkylation sites (tertiary alicyclic amines) is 1. The van der Waals surface area contributed by atoms with Gasteiger partial charge in [-0.2, -0.15) is 19.6 Å². The number of benzene rings is 1. The van der Waals surface area contributed by atoms with E-state index in [0.717, 1.165) is 40.0 Å². The second-order valence-electron chi connectivity index (χ2n) is 8.02. The fourth-order valence-corrected chi connectivity index (χ4v) is 4.35. The van der Waals surface area contributed by atoms with E-state index in [9.17, 15) is 0 Å². The summed E-state index contributed by atoms with van der Waals surface area (Å²) in [6.45, 7) is 2.59. The Morgan fingerprint density at radius 2 is 1.97 bits per heavy atom. The quantitative estimate of drug-likeness (QED) is 0.402. The van der Waals surface area contributed by atoms with Gasteiger partial charge in [-0.1, -0.05) is 30.3 Å². The lowest BCUT2D eigenvalue weighted by Crippen LogP contribution is -2.32. The fraction of sp³-hybridized carbons (Fsp3) is 0.304. The van der Waals surface area contributed by atoms with Gasteiger partial charge in [-0.3, -0.25) is 4.98 Å². The van der Waals surface area contributed by atoms with Crippen molar-refractivity contribution in [1.82, 2.24) is 29.5 Å². The van der Waals surface area contributed by atoms with Gasteiger partial charge in [0, 0.05) is 30.9 Å². The number of hydrogen-bond acceptors (Lipinski definition) is 7. The molecular weight excluding hydrogens is 468 g/mol. The highest BCUT2D eigenvalue weighted by molar-refractivity contribution is 9.10. The predicted octanol–water partition coefficient (Wildman–Crippen LogP) is 4.07. The van der Waals surface area contributed by atoms with E-state index in [1.807, 2.05) is 24.4 Å². The molecule has 1 atom stereocenters. The molecule has 0 unspecified atom stereocenters. The highest BCUT2D eigenvalue weighted by atomic mass is 79.9. The summed E-state index contributed by atoms with van der Waals surface area (Å²) >= 11 is 3.54. The summed E-state index contributed by atoms with van der Waals surface area (Å²) < 4.78 is 2.56. The summed E-state index contributed by atoms with van der Waals surface area (Å²) in [7, 11) is 2.17. The number of likely N-dealkylation sites (N-methyl/N-ethyl adjacent to an activating group) is 1. The van der Waals surface area contributed by atoms with Crippen molar-refractivity contribution in [2.75, 3.05) is 30.8 Å². The van der Waals surface area contributed by atoms with E-state index < -0.39 is 0 Å². The fourth-order valence-electron chi connectivity index (χ4n) is 4.00. The average molecular weight is 493 g/mol. The van der Waals surface area contributed by atoms with Gasteiger partial charge in [0.2, 0.25) is 11.9 Å². The number of aromatic nitrogens is 5. The van der Waals surface area contributed by atoms with Gasteiger partial charge in [-0.15, -0.1) is 0 Å². The highest BCUT2D eigenvalue weighted by Crippen LogP contribution is 2.22. The molecule has 1 aromatic carbocycles. The number of halogens is 1. The molecule has 1 aliphatic rings. The molecule has 0 spiro atoms. The van der Waals surface area contributed by atoms with Crippen molar-refractivity contribution in [3.05, 3.63) is 64.9 Å². The van der Waals surface area contributed by atoms with Crippen LogP contribution in [0, 0.1) is 0 Å². The number of anilines is 2. The maximum absolute atomic E-state index is 4.70. The maximum atomic E-state index is 4.70. The van der Waals surface area contributed by atoms with Gasteiger partial charge in [-0.05, 0) is 60.1 Å². The average Bonchev–Trinajstić information content (AvgIpc) is 3.42. The van der Waals surface area contributed by atoms with Gasteiger partial charge in [0.05, 0.1) is 16.4 Å². The van der Waals surface area contributed by atoms with Crippen LogP contribution in [-0.2, 0) is 6.54 Å². The topological polar surface area (TPSA) is 83.3 Å². The number of rotatable bonds is 7. The van der Waals surface area contributed by atoms with Crippen LogP contribution in [0.3, 0.4) is 0 Å². The first kappa shape index (κ1) is 20.8. The van der Waals surface area contributed by atoms with Crippen LogP contribution >= 0.6 is 15.9 Å². The number of fused-ring (bicyclic) bond motifs is 1. The van der Waals surface area contributed by atoms with E-state index in [0.29, 0.717) is 24.5 Å². The zero-order chi connectivity index (χ0) is 21.9. The van der Waals surface area contributed by atoms with E-state index >= 15 is 0 Å². The van der Waals surface area contributed by atoms with Crippen LogP contribution in [-0.4, -0.2) is 55.6 Å². The monoisotopic (exact) mass is 492 g/mol. The molecule has 8 nitrogen and oxygen atoms in total. The Labute approximate surface area is 195 Å². The van der Waals surface area contributed by atoms with Gasteiger partial charge in [0.25, 0.3) is 0 Å². The molecule has 9 heteroatoms. The molecule has 5 rings (SSSR count). The summed E-state index contributed by atoms with van der Waals surface area (Å²) in [5.41, 5.74) is 3.94. The van der Waals surface area contributed by atoms with Crippen LogP contribution in [0.1, 0.15) is 18.4 Å². The van der Waals surface area contributed by atoms with Crippen molar-refractivity contribution in [3.8, 4) is 11.3 Å². The number of nitrogens with one attached hydrogen (secondary N) is 2. The first-order valence-electron chi connectivity index (χ1n) is 10.8. The molecule has 2 N–H and O–H groups in total. The second-order valence-corrected chi connectivity index (χ2v) is 8.88. The molecule has 0 saturated carbocycles. The van der Waals surface area contributed by atoms with Crippen LogP contribution in [0.25, 0.3) is 16.9 Å². The molecule has 3 aromatic heterocycles. The molecule has 0 radical (unpaired) electrons. The molecule has 164 valence electrons. The lowest BCUT2D eigenvalue weighted by molar-refractivity contribution is 0.322. The normalized spacial score (nSPS) is 16.5. The highest BCUT2D eigenvalue weighted by Gasteiger charge is 2.21. The van der Waals surface area contributed by atoms with Crippen LogP contribution in [0.2, 0.25) is 0 Å². The van der Waals surface area contributed by atoms with Gasteiger partial charge in [0.15, 0.2) is 5.65 Å². The summed E-state index contributed by atoms with van der Waals surface area (Å²) in [4.78, 5) is 16.1. The molecule has 1 aliphatic heterocycles. The van der Waals surface area contributed by atoms with Crippen molar-refractivity contribution in [2.45, 2.75) is 25.4 Å². The van der Waals surface area contributed by atoms with Crippen LogP contribution in [0.5, 0.6) is 0 Å². The van der Waals surface area contributed by atoms with Crippen LogP contribution < -0.4 is 10.6 Å². The van der Waals surface area contributed by atoms with Gasteiger partial charge in [0.1, 0.15) is 0 Å². The smallest absolute Gasteiger partial charge is 0.229 e. The Morgan fingerprint density at radius 3 is 2.72 bits per heavy atom. The maximum Gasteiger partial charge on any atom is 0.229 e. The summed E-state index contributed by atoms with van der Waals surface area (Å²) in [5.74, 6) is 1.25. The Balaban J connectivity index is 1.32. The van der Waals surface area contributed by atoms with E-state index in [1.54, 1.807) is 10.7 Å². The number of hydrogen-bond donors (Lipinski definition) is 2. The third-order valence-electron chi connectivity index (χ3n) is 5.86. The molecule has 0 amide bonds. The van der Waals surface area contributed by atoms with Crippen molar-refractivity contribution < 1.29 is 0 Å². The van der Waals surface area contributed by atoms with Crippen molar-refractivity contribution >= 4 is 33.5 Å². The van der Waals surface area contributed by atoms with Crippen LogP contribution in [0.15, 0.2) is 59.3 Å². The van der Waals surface area contributed by atoms with Crippen molar-refractivity contribution in [3.63, 3.8) is 0 Å². The number of pyridine rings is 1. The van der Waals surface area contributed by atoms with Gasteiger partial charge in [-0.25, -0.2) is 0 Å². The molecule has 0 bridgehead atoms. The Morgan fingerprint density at radius 1 is 1.09 bits per heavy atom. The molecular formula is C23H25BrN8. The lowest BCUT2D eigenvalue weighted by atomic mass is 10.1. The molecule has 4 aromatic rings. The zero-order valence-corrected chi connectivity index (χ0v) is 19.5. The molecule has 1 saturated heterocycles. The Hall–Kier alpha value is -3.04. The van der Waals surface area contributed by atoms with Gasteiger partial charge < -0.3 is 15.5 Å². The zero-order valence-electron chi connectivity index (χ0n) is 17.9. The summed E-state index contributed by atoms with van der Waals surface area (Å²) in [6, 6.07) is 14.8. The van der Waals surface area contributed by atoms with E-state index in [2.05, 4.69) is 77.8 Å². The molecule has 0 aliphatic carbocycles. The molecule has 1 fully saturated rings. The van der Waals surface area contributed by atoms with E-state index in [1.165, 1.54) is 12.8 Å². The molecule has 4 heterocycles. The third-order valence-corrected chi connectivity index (χ3v) is 6.42. The van der Waals surface area contributed by atoms with Crippen molar-refractivity contribution in [2.24, 2.45) is 0 Å². The lowest BCUT2D eigenvalue weighted by Gasteiger charge is -2.19. The summed E-state index contributed by atoms with van der Waals surface area (Å²) in [6.07, 6.45) is 5.99. The predicted molar refractivity (Wildman–Crippen MR) is 130 cm³/mol. The SMILES string of the molecule is CN1CCC[C@H]1CNc1nc(NCc2ccc(-c3ccccn3)cc2)n2ncc(Br)c2n1. The Kier molecular flexibility index (Phi) is 6.00. The number of nitrogens with zero attached hydrogens (tertiary/aromatic N) is 6. The van der Waals surface area contributed by atoms with Crippen molar-refractivity contribution in [1.29, 1.82) is 0 Å². The van der Waals surface area contributed by atoms with E-state index in [4.69, 9.17) is 4.98 Å².